The van der Waals surface area contributed by atoms with Crippen LogP contribution in [0.2, 0.25) is 0 Å². The van der Waals surface area contributed by atoms with Crippen molar-refractivity contribution < 1.29 is 9.53 Å². The largest absolute Gasteiger partial charge is 0.379 e. The number of pyridine rings is 1. The summed E-state index contributed by atoms with van der Waals surface area (Å²) in [5.41, 5.74) is 6.74. The maximum Gasteiger partial charge on any atom is 0.182 e. The fourth-order valence-electron chi connectivity index (χ4n) is 3.94. The van der Waals surface area contributed by atoms with Crippen LogP contribution in [0.15, 0.2) is 41.5 Å². The lowest BCUT2D eigenvalue weighted by molar-refractivity contribution is 0.0369. The van der Waals surface area contributed by atoms with Gasteiger partial charge in [-0.25, -0.2) is 4.98 Å². The normalized spacial score (nSPS) is 14.5. The van der Waals surface area contributed by atoms with Crippen LogP contribution in [0.4, 0.5) is 11.5 Å². The van der Waals surface area contributed by atoms with E-state index in [9.17, 15) is 4.79 Å². The Labute approximate surface area is 197 Å². The first-order valence-corrected chi connectivity index (χ1v) is 12.0. The Kier molecular flexibility index (Phi) is 9.84. The number of anilines is 2. The van der Waals surface area contributed by atoms with Crippen LogP contribution < -0.4 is 10.3 Å². The van der Waals surface area contributed by atoms with Gasteiger partial charge < -0.3 is 9.64 Å². The Morgan fingerprint density at radius 2 is 1.94 bits per heavy atom. The number of hydrazone groups is 1. The summed E-state index contributed by atoms with van der Waals surface area (Å²) >= 11 is 0. The number of ether oxygens (including phenoxy) is 1. The molecule has 7 nitrogen and oxygen atoms in total. The molecule has 3 rings (SSSR count). The van der Waals surface area contributed by atoms with Crippen LogP contribution in [0.1, 0.15) is 54.7 Å². The van der Waals surface area contributed by atoms with Gasteiger partial charge in [0.05, 0.1) is 19.4 Å². The number of hydrogen-bond acceptors (Lipinski definition) is 7. The van der Waals surface area contributed by atoms with Crippen molar-refractivity contribution in [3.05, 3.63) is 53.2 Å². The van der Waals surface area contributed by atoms with Crippen molar-refractivity contribution in [3.8, 4) is 0 Å². The number of nitrogens with one attached hydrogen (secondary N) is 1. The fourth-order valence-corrected chi connectivity index (χ4v) is 3.94. The van der Waals surface area contributed by atoms with Gasteiger partial charge in [-0.3, -0.25) is 15.1 Å². The second-order valence-electron chi connectivity index (χ2n) is 8.49. The summed E-state index contributed by atoms with van der Waals surface area (Å²) in [5, 5.41) is 4.38. The molecule has 1 N–H and O–H groups in total. The molecule has 7 heteroatoms. The highest BCUT2D eigenvalue weighted by atomic mass is 16.5. The number of aryl methyl sites for hydroxylation is 1. The molecule has 1 aromatic carbocycles. The van der Waals surface area contributed by atoms with Crippen LogP contribution in [0.25, 0.3) is 0 Å². The molecule has 0 aliphatic carbocycles. The first-order chi connectivity index (χ1) is 16.1. The number of nitrogens with zero attached hydrogens (tertiary/aromatic N) is 4. The number of carbonyl (C=O) groups is 1. The maximum atomic E-state index is 13.1. The third-order valence-electron chi connectivity index (χ3n) is 5.64. The molecular formula is C26H37N5O2. The number of aromatic nitrogens is 1. The molecule has 0 atom stereocenters. The molecule has 1 saturated heterocycles. The van der Waals surface area contributed by atoms with E-state index >= 15 is 0 Å². The van der Waals surface area contributed by atoms with Gasteiger partial charge >= 0.3 is 0 Å². The topological polar surface area (TPSA) is 70.1 Å². The van der Waals surface area contributed by atoms with Crippen LogP contribution in [-0.2, 0) is 4.74 Å². The minimum atomic E-state index is 0.0574. The van der Waals surface area contributed by atoms with Crippen molar-refractivity contribution in [1.82, 2.24) is 9.88 Å². The van der Waals surface area contributed by atoms with Gasteiger partial charge in [0.2, 0.25) is 0 Å². The molecule has 178 valence electrons. The Hall–Kier alpha value is -2.77. The first kappa shape index (κ1) is 24.9. The molecule has 2 heterocycles. The van der Waals surface area contributed by atoms with Gasteiger partial charge in [0, 0.05) is 50.9 Å². The summed E-state index contributed by atoms with van der Waals surface area (Å²) in [7, 11) is 0. The zero-order valence-corrected chi connectivity index (χ0v) is 20.2. The second kappa shape index (κ2) is 13.1. The highest BCUT2D eigenvalue weighted by molar-refractivity contribution is 5.95. The molecule has 33 heavy (non-hydrogen) atoms. The monoisotopic (exact) mass is 451 g/mol. The van der Waals surface area contributed by atoms with Crippen LogP contribution in [-0.4, -0.2) is 67.8 Å². The van der Waals surface area contributed by atoms with E-state index in [2.05, 4.69) is 58.2 Å². The summed E-state index contributed by atoms with van der Waals surface area (Å²) in [6, 6.07) is 12.1. The summed E-state index contributed by atoms with van der Waals surface area (Å²) in [6.07, 6.45) is 4.30. The van der Waals surface area contributed by atoms with Crippen LogP contribution in [0.3, 0.4) is 0 Å². The van der Waals surface area contributed by atoms with E-state index in [1.807, 2.05) is 24.3 Å². The standard InChI is InChI=1S/C26H37N5O2/c1-4-10-31(11-5-2)23-18-24(25(32)9-12-30-13-15-33-16-14-30)28-26(19-23)29-27-20-22-8-6-7-21(3)17-22/h6-8,17-20H,4-5,9-16H2,1-3H3,(H,28,29)/b27-20+. The van der Waals surface area contributed by atoms with E-state index in [0.29, 0.717) is 17.9 Å². The molecule has 0 saturated carbocycles. The molecule has 0 bridgehead atoms. The van der Waals surface area contributed by atoms with E-state index in [4.69, 9.17) is 4.74 Å². The number of ketones is 1. The zero-order valence-electron chi connectivity index (χ0n) is 20.2. The highest BCUT2D eigenvalue weighted by Gasteiger charge is 2.17. The zero-order chi connectivity index (χ0) is 23.5. The van der Waals surface area contributed by atoms with Gasteiger partial charge in [0.25, 0.3) is 0 Å². The quantitative estimate of drug-likeness (QED) is 0.294. The van der Waals surface area contributed by atoms with Crippen LogP contribution >= 0.6 is 0 Å². The Bertz CT molecular complexity index is 919. The number of carbonyl (C=O) groups excluding carboxylic acids is 1. The Morgan fingerprint density at radius 3 is 2.64 bits per heavy atom. The van der Waals surface area contributed by atoms with Crippen LogP contribution in [0, 0.1) is 6.92 Å². The number of hydrogen-bond donors (Lipinski definition) is 1. The lowest BCUT2D eigenvalue weighted by Gasteiger charge is -2.26. The second-order valence-corrected chi connectivity index (χ2v) is 8.49. The van der Waals surface area contributed by atoms with Crippen molar-refractivity contribution in [2.24, 2.45) is 5.10 Å². The van der Waals surface area contributed by atoms with E-state index < -0.39 is 0 Å². The third-order valence-corrected chi connectivity index (χ3v) is 5.64. The van der Waals surface area contributed by atoms with Crippen LogP contribution in [0.5, 0.6) is 0 Å². The van der Waals surface area contributed by atoms with Gasteiger partial charge in [0.15, 0.2) is 5.78 Å². The smallest absolute Gasteiger partial charge is 0.182 e. The summed E-state index contributed by atoms with van der Waals surface area (Å²) in [6.45, 7) is 12.2. The Morgan fingerprint density at radius 1 is 1.18 bits per heavy atom. The van der Waals surface area contributed by atoms with Gasteiger partial charge in [-0.05, 0) is 31.4 Å². The molecule has 0 radical (unpaired) electrons. The molecule has 0 spiro atoms. The lowest BCUT2D eigenvalue weighted by Crippen LogP contribution is -2.37. The molecule has 0 unspecified atom stereocenters. The van der Waals surface area contributed by atoms with Gasteiger partial charge in [-0.15, -0.1) is 0 Å². The minimum absolute atomic E-state index is 0.0574. The van der Waals surface area contributed by atoms with E-state index in [0.717, 1.165) is 70.0 Å². The van der Waals surface area contributed by atoms with Crippen molar-refractivity contribution >= 4 is 23.5 Å². The van der Waals surface area contributed by atoms with Gasteiger partial charge in [-0.1, -0.05) is 43.7 Å². The maximum absolute atomic E-state index is 13.1. The summed E-state index contributed by atoms with van der Waals surface area (Å²) in [5.74, 6) is 0.644. The average molecular weight is 452 g/mol. The molecule has 1 aromatic heterocycles. The number of rotatable bonds is 12. The minimum Gasteiger partial charge on any atom is -0.379 e. The predicted octanol–water partition coefficient (Wildman–Crippen LogP) is 4.37. The van der Waals surface area contributed by atoms with Gasteiger partial charge in [-0.2, -0.15) is 5.10 Å². The van der Waals surface area contributed by atoms with Crippen molar-refractivity contribution in [1.29, 1.82) is 0 Å². The molecule has 1 aliphatic heterocycles. The SMILES string of the molecule is CCCN(CCC)c1cc(N/N=C/c2cccc(C)c2)nc(C(=O)CCN2CCOCC2)c1. The van der Waals surface area contributed by atoms with E-state index in [1.54, 1.807) is 6.21 Å². The average Bonchev–Trinajstić information content (AvgIpc) is 2.83. The summed E-state index contributed by atoms with van der Waals surface area (Å²) < 4.78 is 5.40. The van der Waals surface area contributed by atoms with E-state index in [1.165, 1.54) is 5.56 Å². The number of morpholine rings is 1. The first-order valence-electron chi connectivity index (χ1n) is 12.0. The third kappa shape index (κ3) is 7.94. The van der Waals surface area contributed by atoms with Crippen molar-refractivity contribution in [3.63, 3.8) is 0 Å². The predicted molar refractivity (Wildman–Crippen MR) is 136 cm³/mol. The van der Waals surface area contributed by atoms with Gasteiger partial charge in [0.1, 0.15) is 11.5 Å². The molecule has 0 amide bonds. The molecule has 2 aromatic rings. The molecule has 1 fully saturated rings. The molecular weight excluding hydrogens is 414 g/mol. The Balaban J connectivity index is 1.78. The number of benzene rings is 1. The van der Waals surface area contributed by atoms with Crippen molar-refractivity contribution in [2.45, 2.75) is 40.0 Å². The highest BCUT2D eigenvalue weighted by Crippen LogP contribution is 2.22. The lowest BCUT2D eigenvalue weighted by atomic mass is 10.1. The summed E-state index contributed by atoms with van der Waals surface area (Å²) in [4.78, 5) is 22.3. The molecule has 1 aliphatic rings. The number of Topliss-reactive ketones (excluding diaryl/α,β-unsaturated/α-hetero) is 1. The van der Waals surface area contributed by atoms with Crippen molar-refractivity contribution in [2.75, 3.05) is 56.3 Å². The van der Waals surface area contributed by atoms with E-state index in [-0.39, 0.29) is 5.78 Å². The fraction of sp³-hybridized carbons (Fsp3) is 0.500.